The van der Waals surface area contributed by atoms with E-state index in [1.54, 1.807) is 0 Å². The lowest BCUT2D eigenvalue weighted by molar-refractivity contribution is 0.666. The molecule has 0 aliphatic carbocycles. The van der Waals surface area contributed by atoms with Crippen LogP contribution in [0.5, 0.6) is 0 Å². The van der Waals surface area contributed by atoms with Gasteiger partial charge in [-0.05, 0) is 90.3 Å². The van der Waals surface area contributed by atoms with E-state index in [0.29, 0.717) is 11.3 Å². The number of aromatic nitrogens is 3. The summed E-state index contributed by atoms with van der Waals surface area (Å²) in [5.74, 6) is 0. The molecule has 6 heteroatoms. The van der Waals surface area contributed by atoms with Crippen molar-refractivity contribution in [2.75, 3.05) is 0 Å². The van der Waals surface area contributed by atoms with Crippen LogP contribution in [-0.4, -0.2) is 13.7 Å². The molecule has 0 aliphatic rings. The Kier molecular flexibility index (Phi) is 6.10. The van der Waals surface area contributed by atoms with Gasteiger partial charge in [0.2, 0.25) is 0 Å². The molecule has 4 heterocycles. The standard InChI is InChI=1S/C50H27N5O/c1-52-31-19-22-47-39(25-31)38-24-30(29-51)18-21-46(38)53(47)32-20-23-49-40(26-32)41-27-33(54-42-14-6-2-10-34(42)35-11-3-7-15-43(35)54)28-48(50(41)56-49)55-44-16-8-4-12-36(44)37-13-5-9-17-45(37)55/h2-28H. The number of para-hydroxylation sites is 4. The molecule has 0 unspecified atom stereocenters. The molecule has 0 saturated heterocycles. The van der Waals surface area contributed by atoms with Crippen LogP contribution in [0.15, 0.2) is 168 Å². The number of rotatable bonds is 3. The lowest BCUT2D eigenvalue weighted by atomic mass is 10.1. The van der Waals surface area contributed by atoms with Crippen LogP contribution in [-0.2, 0) is 0 Å². The van der Waals surface area contributed by atoms with Crippen LogP contribution >= 0.6 is 0 Å². The smallest absolute Gasteiger partial charge is 0.188 e. The third-order valence-corrected chi connectivity index (χ3v) is 11.4. The molecule has 4 aromatic heterocycles. The van der Waals surface area contributed by atoms with Gasteiger partial charge in [0.15, 0.2) is 11.3 Å². The number of nitrogens with zero attached hydrogens (tertiary/aromatic N) is 5. The molecule has 0 bridgehead atoms. The van der Waals surface area contributed by atoms with Crippen LogP contribution < -0.4 is 0 Å². The molecule has 0 amide bonds. The predicted octanol–water partition coefficient (Wildman–Crippen LogP) is 13.3. The first kappa shape index (κ1) is 30.4. The summed E-state index contributed by atoms with van der Waals surface area (Å²) in [4.78, 5) is 3.71. The van der Waals surface area contributed by atoms with Gasteiger partial charge in [0, 0.05) is 49.1 Å². The molecule has 6 nitrogen and oxygen atoms in total. The molecule has 8 aromatic carbocycles. The quantitative estimate of drug-likeness (QED) is 0.171. The van der Waals surface area contributed by atoms with Crippen LogP contribution in [0.4, 0.5) is 5.69 Å². The number of benzene rings is 8. The Morgan fingerprint density at radius 3 is 1.57 bits per heavy atom. The lowest BCUT2D eigenvalue weighted by Gasteiger charge is -2.14. The summed E-state index contributed by atoms with van der Waals surface area (Å²) in [6.07, 6.45) is 0. The predicted molar refractivity (Wildman–Crippen MR) is 228 cm³/mol. The molecule has 0 saturated carbocycles. The zero-order valence-electron chi connectivity index (χ0n) is 29.7. The van der Waals surface area contributed by atoms with Gasteiger partial charge in [0.05, 0.1) is 57.0 Å². The van der Waals surface area contributed by atoms with E-state index in [0.717, 1.165) is 82.9 Å². The van der Waals surface area contributed by atoms with Gasteiger partial charge in [-0.15, -0.1) is 0 Å². The van der Waals surface area contributed by atoms with Gasteiger partial charge < -0.3 is 18.1 Å². The highest BCUT2D eigenvalue weighted by molar-refractivity contribution is 6.16. The minimum atomic E-state index is 0.561. The summed E-state index contributed by atoms with van der Waals surface area (Å²) in [5, 5.41) is 18.4. The van der Waals surface area contributed by atoms with E-state index < -0.39 is 0 Å². The molecule has 0 fully saturated rings. The van der Waals surface area contributed by atoms with E-state index in [1.165, 1.54) is 21.5 Å². The Morgan fingerprint density at radius 1 is 0.446 bits per heavy atom. The average molecular weight is 714 g/mol. The van der Waals surface area contributed by atoms with Crippen LogP contribution in [0.25, 0.3) is 109 Å². The van der Waals surface area contributed by atoms with Crippen LogP contribution in [0.1, 0.15) is 5.56 Å². The number of fused-ring (bicyclic) bond motifs is 12. The third kappa shape index (κ3) is 4.07. The van der Waals surface area contributed by atoms with E-state index in [9.17, 15) is 5.26 Å². The molecular weight excluding hydrogens is 687 g/mol. The van der Waals surface area contributed by atoms with Gasteiger partial charge >= 0.3 is 0 Å². The minimum Gasteiger partial charge on any atom is -0.454 e. The van der Waals surface area contributed by atoms with Crippen molar-refractivity contribution in [3.05, 3.63) is 181 Å². The zero-order chi connectivity index (χ0) is 37.1. The molecule has 0 aliphatic heterocycles. The zero-order valence-corrected chi connectivity index (χ0v) is 29.7. The van der Waals surface area contributed by atoms with Gasteiger partial charge in [-0.2, -0.15) is 5.26 Å². The number of furan rings is 1. The van der Waals surface area contributed by atoms with Gasteiger partial charge in [0.25, 0.3) is 0 Å². The second-order valence-electron chi connectivity index (χ2n) is 14.4. The van der Waals surface area contributed by atoms with Crippen molar-refractivity contribution >= 4 is 93.0 Å². The fraction of sp³-hybridized carbons (Fsp3) is 0. The first-order valence-electron chi connectivity index (χ1n) is 18.5. The topological polar surface area (TPSA) is 56.1 Å². The Balaban J connectivity index is 1.21. The number of nitriles is 1. The monoisotopic (exact) mass is 713 g/mol. The molecule has 0 radical (unpaired) electrons. The summed E-state index contributed by atoms with van der Waals surface area (Å²) < 4.78 is 13.9. The molecule has 12 rings (SSSR count). The maximum absolute atomic E-state index is 9.79. The highest BCUT2D eigenvalue weighted by Gasteiger charge is 2.22. The third-order valence-electron chi connectivity index (χ3n) is 11.4. The van der Waals surface area contributed by atoms with Crippen LogP contribution in [0.3, 0.4) is 0 Å². The van der Waals surface area contributed by atoms with Crippen molar-refractivity contribution in [2.24, 2.45) is 0 Å². The van der Waals surface area contributed by atoms with E-state index in [1.807, 2.05) is 36.4 Å². The maximum atomic E-state index is 9.79. The lowest BCUT2D eigenvalue weighted by Crippen LogP contribution is -1.99. The molecule has 12 aromatic rings. The van der Waals surface area contributed by atoms with Crippen molar-refractivity contribution < 1.29 is 4.42 Å². The first-order chi connectivity index (χ1) is 27.7. The molecule has 258 valence electrons. The number of hydrogen-bond acceptors (Lipinski definition) is 2. The summed E-state index contributed by atoms with van der Waals surface area (Å²) in [6, 6.07) is 59.2. The molecular formula is C50H27N5O. The van der Waals surface area contributed by atoms with Crippen molar-refractivity contribution in [1.29, 1.82) is 5.26 Å². The van der Waals surface area contributed by atoms with E-state index in [2.05, 4.69) is 152 Å². The second-order valence-corrected chi connectivity index (χ2v) is 14.4. The second kappa shape index (κ2) is 11.2. The van der Waals surface area contributed by atoms with Gasteiger partial charge in [-0.1, -0.05) is 78.9 Å². The van der Waals surface area contributed by atoms with Crippen molar-refractivity contribution in [1.82, 2.24) is 13.7 Å². The summed E-state index contributed by atoms with van der Waals surface area (Å²) >= 11 is 0. The van der Waals surface area contributed by atoms with Crippen LogP contribution in [0, 0.1) is 17.9 Å². The van der Waals surface area contributed by atoms with E-state index >= 15 is 0 Å². The van der Waals surface area contributed by atoms with E-state index in [4.69, 9.17) is 11.0 Å². The van der Waals surface area contributed by atoms with Crippen LogP contribution in [0.2, 0.25) is 0 Å². The highest BCUT2D eigenvalue weighted by atomic mass is 16.3. The molecule has 56 heavy (non-hydrogen) atoms. The summed E-state index contributed by atoms with van der Waals surface area (Å²) in [6.45, 7) is 7.69. The van der Waals surface area contributed by atoms with Gasteiger partial charge in [0.1, 0.15) is 5.58 Å². The molecule has 0 atom stereocenters. The fourth-order valence-electron chi connectivity index (χ4n) is 9.08. The van der Waals surface area contributed by atoms with Crippen molar-refractivity contribution in [3.63, 3.8) is 0 Å². The largest absolute Gasteiger partial charge is 0.454 e. The molecule has 0 N–H and O–H groups in total. The highest BCUT2D eigenvalue weighted by Crippen LogP contribution is 2.43. The number of hydrogen-bond donors (Lipinski definition) is 0. The van der Waals surface area contributed by atoms with Gasteiger partial charge in [-0.3, -0.25) is 0 Å². The SMILES string of the molecule is [C-]#[N+]c1ccc2c(c1)c1cc(C#N)ccc1n2-c1ccc2oc3c(-n4c5ccccc5c5ccccc54)cc(-n4c5ccccc5c5ccccc54)cc3c2c1. The summed E-state index contributed by atoms with van der Waals surface area (Å²) in [5.41, 5.74) is 12.1. The maximum Gasteiger partial charge on any atom is 0.188 e. The normalized spacial score (nSPS) is 11.9. The minimum absolute atomic E-state index is 0.561. The fourth-order valence-corrected chi connectivity index (χ4v) is 9.08. The van der Waals surface area contributed by atoms with Crippen molar-refractivity contribution in [2.45, 2.75) is 0 Å². The first-order valence-corrected chi connectivity index (χ1v) is 18.5. The Morgan fingerprint density at radius 2 is 0.964 bits per heavy atom. The van der Waals surface area contributed by atoms with Gasteiger partial charge in [-0.25, -0.2) is 4.85 Å². The Bertz CT molecular complexity index is 3570. The Hall–Kier alpha value is -8.06. The Labute approximate surface area is 319 Å². The van der Waals surface area contributed by atoms with Crippen molar-refractivity contribution in [3.8, 4) is 23.1 Å². The average Bonchev–Trinajstić information content (AvgIpc) is 3.99. The molecule has 0 spiro atoms. The van der Waals surface area contributed by atoms with E-state index in [-0.39, 0.29) is 0 Å². The summed E-state index contributed by atoms with van der Waals surface area (Å²) in [7, 11) is 0.